The minimum absolute atomic E-state index is 0.122. The molecule has 2 aromatic carbocycles. The van der Waals surface area contributed by atoms with E-state index in [1.807, 2.05) is 54.6 Å². The molecule has 2 aliphatic rings. The van der Waals surface area contributed by atoms with Crippen LogP contribution in [0, 0.1) is 11.8 Å². The Kier molecular flexibility index (Phi) is 9.09. The van der Waals surface area contributed by atoms with Gasteiger partial charge in [0.25, 0.3) is 5.91 Å². The molecular weight excluding hydrogens is 535 g/mol. The minimum atomic E-state index is -2.10. The Morgan fingerprint density at radius 1 is 0.976 bits per heavy atom. The summed E-state index contributed by atoms with van der Waals surface area (Å²) in [5.41, 5.74) is 0.292. The Morgan fingerprint density at radius 2 is 1.76 bits per heavy atom. The quantitative estimate of drug-likeness (QED) is 0.246. The van der Waals surface area contributed by atoms with Crippen LogP contribution in [0.2, 0.25) is 0 Å². The van der Waals surface area contributed by atoms with Crippen LogP contribution in [0.25, 0.3) is 0 Å². The molecule has 1 aromatic heterocycles. The van der Waals surface area contributed by atoms with Gasteiger partial charge >= 0.3 is 5.97 Å². The number of benzene rings is 2. The van der Waals surface area contributed by atoms with Crippen molar-refractivity contribution in [2.24, 2.45) is 11.8 Å². The van der Waals surface area contributed by atoms with Crippen LogP contribution in [0.3, 0.4) is 0 Å². The molecule has 2 aliphatic carbocycles. The second kappa shape index (κ2) is 12.9. The second-order valence-electron chi connectivity index (χ2n) is 11.6. The van der Waals surface area contributed by atoms with Gasteiger partial charge < -0.3 is 19.5 Å². The van der Waals surface area contributed by atoms with Gasteiger partial charge in [0.1, 0.15) is 17.3 Å². The van der Waals surface area contributed by atoms with Crippen molar-refractivity contribution in [1.29, 1.82) is 0 Å². The molecule has 0 aliphatic heterocycles. The van der Waals surface area contributed by atoms with Crippen LogP contribution >= 0.6 is 0 Å². The molecule has 1 heterocycles. The van der Waals surface area contributed by atoms with Gasteiger partial charge in [0.05, 0.1) is 20.8 Å². The monoisotopic (exact) mass is 574 g/mol. The van der Waals surface area contributed by atoms with Crippen LogP contribution in [0.15, 0.2) is 66.9 Å². The number of aromatic nitrogens is 1. The van der Waals surface area contributed by atoms with E-state index >= 15 is 4.39 Å². The van der Waals surface area contributed by atoms with Gasteiger partial charge in [-0.25, -0.2) is 14.2 Å². The van der Waals surface area contributed by atoms with Crippen molar-refractivity contribution in [2.75, 3.05) is 26.1 Å². The largest absolute Gasteiger partial charge is 0.497 e. The highest BCUT2D eigenvalue weighted by molar-refractivity contribution is 6.05. The van der Waals surface area contributed by atoms with Crippen molar-refractivity contribution in [3.8, 4) is 11.5 Å². The van der Waals surface area contributed by atoms with Gasteiger partial charge in [-0.05, 0) is 117 Å². The summed E-state index contributed by atoms with van der Waals surface area (Å²) in [5, 5.41) is 2.90. The number of halogens is 1. The van der Waals surface area contributed by atoms with E-state index < -0.39 is 17.6 Å². The molecule has 0 saturated heterocycles. The number of nitrogens with zero attached hydrogens (tertiary/aromatic N) is 1. The molecule has 1 N–H and O–H groups in total. The van der Waals surface area contributed by atoms with Crippen molar-refractivity contribution in [3.05, 3.63) is 83.6 Å². The lowest BCUT2D eigenvalue weighted by atomic mass is 9.77. The maximum Gasteiger partial charge on any atom is 0.343 e. The first kappa shape index (κ1) is 29.5. The predicted molar refractivity (Wildman–Crippen MR) is 159 cm³/mol. The number of methoxy groups -OCH3 is 2. The fourth-order valence-electron chi connectivity index (χ4n) is 6.27. The average Bonchev–Trinajstić information content (AvgIpc) is 3.85. The lowest BCUT2D eigenvalue weighted by Gasteiger charge is -2.30. The Morgan fingerprint density at radius 3 is 2.43 bits per heavy atom. The molecule has 2 unspecified atom stereocenters. The van der Waals surface area contributed by atoms with E-state index in [-0.39, 0.29) is 17.7 Å². The maximum atomic E-state index is 15.6. The third-order valence-corrected chi connectivity index (χ3v) is 8.66. The van der Waals surface area contributed by atoms with Crippen molar-refractivity contribution < 1.29 is 28.2 Å². The van der Waals surface area contributed by atoms with Gasteiger partial charge in [0, 0.05) is 17.7 Å². The third-order valence-electron chi connectivity index (χ3n) is 8.66. The van der Waals surface area contributed by atoms with Gasteiger partial charge in [0.2, 0.25) is 5.67 Å². The van der Waals surface area contributed by atoms with Crippen LogP contribution in [0.5, 0.6) is 11.5 Å². The number of carbonyl (C=O) groups excluding carboxylic acids is 2. The van der Waals surface area contributed by atoms with Crippen LogP contribution in [0.1, 0.15) is 78.8 Å². The summed E-state index contributed by atoms with van der Waals surface area (Å²) in [6, 6.07) is 18.5. The number of esters is 1. The van der Waals surface area contributed by atoms with Gasteiger partial charge in [0.15, 0.2) is 0 Å². The molecule has 42 heavy (non-hydrogen) atoms. The lowest BCUT2D eigenvalue weighted by Crippen LogP contribution is -2.39. The van der Waals surface area contributed by atoms with Crippen LogP contribution in [-0.2, 0) is 9.53 Å². The van der Waals surface area contributed by atoms with E-state index in [2.05, 4.69) is 10.3 Å². The molecule has 222 valence electrons. The molecule has 0 radical (unpaired) electrons. The van der Waals surface area contributed by atoms with E-state index in [0.717, 1.165) is 55.4 Å². The number of pyridine rings is 1. The highest BCUT2D eigenvalue weighted by Gasteiger charge is 2.50. The van der Waals surface area contributed by atoms with Crippen molar-refractivity contribution in [3.63, 3.8) is 0 Å². The van der Waals surface area contributed by atoms with E-state index in [0.29, 0.717) is 29.7 Å². The molecule has 7 nitrogen and oxygen atoms in total. The highest BCUT2D eigenvalue weighted by Crippen LogP contribution is 2.50. The molecule has 2 fully saturated rings. The van der Waals surface area contributed by atoms with E-state index in [1.54, 1.807) is 19.4 Å². The first-order valence-corrected chi connectivity index (χ1v) is 14.7. The van der Waals surface area contributed by atoms with Crippen LogP contribution in [0.4, 0.5) is 10.2 Å². The zero-order chi connectivity index (χ0) is 29.7. The molecule has 8 heteroatoms. The SMILES string of the molecule is COC(=O)C(C)(F)C(c1cccc(OCC2CCC(c3cc(OC)ccc3C(=O)Nc3ccccn3)CC2)c1)C1CC1. The number of nitrogens with one attached hydrogen (secondary N) is 1. The molecule has 0 bridgehead atoms. The average molecular weight is 575 g/mol. The predicted octanol–water partition coefficient (Wildman–Crippen LogP) is 7.09. The van der Waals surface area contributed by atoms with E-state index in [4.69, 9.17) is 14.2 Å². The first-order chi connectivity index (χ1) is 20.3. The summed E-state index contributed by atoms with van der Waals surface area (Å²) in [6.07, 6.45) is 7.21. The molecule has 1 amide bonds. The molecule has 0 spiro atoms. The summed E-state index contributed by atoms with van der Waals surface area (Å²) in [5.74, 6) is 1.06. The fraction of sp³-hybridized carbons (Fsp3) is 0.441. The zero-order valence-corrected chi connectivity index (χ0v) is 24.5. The summed E-state index contributed by atoms with van der Waals surface area (Å²) in [4.78, 5) is 29.6. The Hall–Kier alpha value is -3.94. The highest BCUT2D eigenvalue weighted by atomic mass is 19.1. The van der Waals surface area contributed by atoms with Gasteiger partial charge in [-0.3, -0.25) is 4.79 Å². The standard InChI is InChI=1S/C34H39FN2O5/c1-34(35,33(39)41-3)31(24-14-15-24)25-7-6-8-27(19-25)42-21-22-10-12-23(13-11-22)29-20-26(40-2)16-17-28(29)32(38)37-30-9-4-5-18-36-30/h4-9,16-20,22-24,31H,10-15,21H2,1-3H3,(H,36,37,38). The Balaban J connectivity index is 1.22. The Labute approximate surface area is 246 Å². The number of carbonyl (C=O) groups is 2. The van der Waals surface area contributed by atoms with Crippen molar-refractivity contribution in [2.45, 2.75) is 63.0 Å². The van der Waals surface area contributed by atoms with Crippen LogP contribution in [-0.4, -0.2) is 43.4 Å². The molecule has 2 saturated carbocycles. The second-order valence-corrected chi connectivity index (χ2v) is 11.6. The summed E-state index contributed by atoms with van der Waals surface area (Å²) < 4.78 is 32.1. The van der Waals surface area contributed by atoms with Gasteiger partial charge in [-0.2, -0.15) is 0 Å². The topological polar surface area (TPSA) is 86.8 Å². The smallest absolute Gasteiger partial charge is 0.343 e. The lowest BCUT2D eigenvalue weighted by molar-refractivity contribution is -0.155. The van der Waals surface area contributed by atoms with Gasteiger partial charge in [-0.15, -0.1) is 0 Å². The number of alkyl halides is 1. The Bertz CT molecular complexity index is 1380. The molecular formula is C34H39FN2O5. The molecule has 2 atom stereocenters. The fourth-order valence-corrected chi connectivity index (χ4v) is 6.27. The number of rotatable bonds is 11. The van der Waals surface area contributed by atoms with Crippen molar-refractivity contribution >= 4 is 17.7 Å². The summed E-state index contributed by atoms with van der Waals surface area (Å²) in [6.45, 7) is 1.88. The number of hydrogen-bond acceptors (Lipinski definition) is 6. The molecule has 5 rings (SSSR count). The third kappa shape index (κ3) is 6.75. The number of amides is 1. The molecule has 3 aromatic rings. The minimum Gasteiger partial charge on any atom is -0.497 e. The first-order valence-electron chi connectivity index (χ1n) is 14.7. The van der Waals surface area contributed by atoms with Gasteiger partial charge in [-0.1, -0.05) is 18.2 Å². The number of ether oxygens (including phenoxy) is 3. The summed E-state index contributed by atoms with van der Waals surface area (Å²) >= 11 is 0. The number of hydrogen-bond donors (Lipinski definition) is 1. The zero-order valence-electron chi connectivity index (χ0n) is 24.5. The van der Waals surface area contributed by atoms with Crippen LogP contribution < -0.4 is 14.8 Å². The maximum absolute atomic E-state index is 15.6. The summed E-state index contributed by atoms with van der Waals surface area (Å²) in [7, 11) is 2.86. The number of anilines is 1. The van der Waals surface area contributed by atoms with Crippen molar-refractivity contribution in [1.82, 2.24) is 4.98 Å². The van der Waals surface area contributed by atoms with E-state index in [9.17, 15) is 9.59 Å². The van der Waals surface area contributed by atoms with E-state index in [1.165, 1.54) is 14.0 Å². The normalized spacial score (nSPS) is 20.6.